The van der Waals surface area contributed by atoms with E-state index in [0.29, 0.717) is 6.08 Å². The van der Waals surface area contributed by atoms with Crippen molar-refractivity contribution in [2.24, 2.45) is 0 Å². The van der Waals surface area contributed by atoms with E-state index in [4.69, 9.17) is 5.11 Å². The van der Waals surface area contributed by atoms with Crippen LogP contribution in [-0.2, 0) is 19.1 Å². The first kappa shape index (κ1) is 11.1. The molecule has 5 nitrogen and oxygen atoms in total. The summed E-state index contributed by atoms with van der Waals surface area (Å²) in [5.74, 6) is -3.19. The van der Waals surface area contributed by atoms with E-state index in [0.717, 1.165) is 6.08 Å². The van der Waals surface area contributed by atoms with E-state index in [2.05, 4.69) is 11.3 Å². The summed E-state index contributed by atoms with van der Waals surface area (Å²) in [6.07, 6.45) is 1.52. The third-order valence-corrected chi connectivity index (χ3v) is 1.04. The molecule has 0 saturated carbocycles. The number of hydrogen-bond donors (Lipinski definition) is 1. The van der Waals surface area contributed by atoms with Gasteiger partial charge in [0.15, 0.2) is 0 Å². The second-order valence-electron chi connectivity index (χ2n) is 2.08. The highest BCUT2D eigenvalue weighted by atomic mass is 16.6. The van der Waals surface area contributed by atoms with Gasteiger partial charge in [0.25, 0.3) is 0 Å². The molecule has 0 fully saturated rings. The Labute approximate surface area is 74.3 Å². The van der Waals surface area contributed by atoms with Crippen LogP contribution < -0.4 is 0 Å². The quantitative estimate of drug-likeness (QED) is 0.387. The van der Waals surface area contributed by atoms with Crippen molar-refractivity contribution in [3.63, 3.8) is 0 Å². The number of carbonyl (C=O) groups is 3. The summed E-state index contributed by atoms with van der Waals surface area (Å²) in [6.45, 7) is 4.27. The topological polar surface area (TPSA) is 80.7 Å². The second kappa shape index (κ2) is 4.87. The van der Waals surface area contributed by atoms with Gasteiger partial charge in [-0.25, -0.2) is 14.4 Å². The first-order valence-electron chi connectivity index (χ1n) is 3.27. The second-order valence-corrected chi connectivity index (χ2v) is 2.08. The SMILES string of the molecule is C=CC(=O)OC(=O)/C=C(/C)C(=O)O. The maximum atomic E-state index is 10.7. The largest absolute Gasteiger partial charge is 0.478 e. The normalized spacial score (nSPS) is 10.4. The molecule has 0 aromatic carbocycles. The van der Waals surface area contributed by atoms with Gasteiger partial charge < -0.3 is 9.84 Å². The van der Waals surface area contributed by atoms with Gasteiger partial charge in [0, 0.05) is 17.7 Å². The van der Waals surface area contributed by atoms with Crippen LogP contribution in [0.15, 0.2) is 24.3 Å². The number of carboxylic acid groups (broad SMARTS) is 1. The third kappa shape index (κ3) is 4.52. The molecule has 5 heteroatoms. The van der Waals surface area contributed by atoms with Crippen LogP contribution in [0.3, 0.4) is 0 Å². The zero-order valence-corrected chi connectivity index (χ0v) is 6.94. The Balaban J connectivity index is 4.31. The Morgan fingerprint density at radius 2 is 1.85 bits per heavy atom. The van der Waals surface area contributed by atoms with Gasteiger partial charge in [-0.3, -0.25) is 0 Å². The van der Waals surface area contributed by atoms with E-state index >= 15 is 0 Å². The molecule has 0 aliphatic heterocycles. The molecule has 0 bridgehead atoms. The number of carboxylic acids is 1. The van der Waals surface area contributed by atoms with Gasteiger partial charge in [0.05, 0.1) is 0 Å². The van der Waals surface area contributed by atoms with Crippen LogP contribution in [0, 0.1) is 0 Å². The Hall–Kier alpha value is -1.91. The summed E-state index contributed by atoms with van der Waals surface area (Å²) in [5.41, 5.74) is -0.207. The summed E-state index contributed by atoms with van der Waals surface area (Å²) in [5, 5.41) is 8.34. The van der Waals surface area contributed by atoms with Crippen molar-refractivity contribution in [3.05, 3.63) is 24.3 Å². The maximum Gasteiger partial charge on any atom is 0.339 e. The van der Waals surface area contributed by atoms with Gasteiger partial charge in [-0.1, -0.05) is 6.58 Å². The highest BCUT2D eigenvalue weighted by Gasteiger charge is 2.07. The molecule has 0 spiro atoms. The molecule has 0 saturated heterocycles. The summed E-state index contributed by atoms with van der Waals surface area (Å²) in [4.78, 5) is 31.3. The Morgan fingerprint density at radius 1 is 1.31 bits per heavy atom. The molecule has 0 unspecified atom stereocenters. The number of ether oxygens (including phenoxy) is 1. The molecule has 13 heavy (non-hydrogen) atoms. The third-order valence-electron chi connectivity index (χ3n) is 1.04. The summed E-state index contributed by atoms with van der Waals surface area (Å²) < 4.78 is 4.08. The molecule has 0 aliphatic carbocycles. The van der Waals surface area contributed by atoms with Crippen LogP contribution in [0.1, 0.15) is 6.92 Å². The van der Waals surface area contributed by atoms with Crippen molar-refractivity contribution in [1.82, 2.24) is 0 Å². The van der Waals surface area contributed by atoms with Gasteiger partial charge in [0.2, 0.25) is 0 Å². The standard InChI is InChI=1S/C8H8O5/c1-3-6(9)13-7(10)4-5(2)8(11)12/h3-4H,1H2,2H3,(H,11,12)/b5-4-. The van der Waals surface area contributed by atoms with Crippen LogP contribution in [0.4, 0.5) is 0 Å². The molecule has 0 atom stereocenters. The van der Waals surface area contributed by atoms with Crippen molar-refractivity contribution in [2.75, 3.05) is 0 Å². The molecule has 0 aromatic rings. The molecular formula is C8H8O5. The average molecular weight is 184 g/mol. The highest BCUT2D eigenvalue weighted by molar-refractivity contribution is 6.00. The average Bonchev–Trinajstić information content (AvgIpc) is 2.03. The van der Waals surface area contributed by atoms with Crippen LogP contribution >= 0.6 is 0 Å². The summed E-state index contributed by atoms with van der Waals surface area (Å²) in [6, 6.07) is 0. The van der Waals surface area contributed by atoms with Crippen LogP contribution in [0.5, 0.6) is 0 Å². The van der Waals surface area contributed by atoms with Gasteiger partial charge in [-0.15, -0.1) is 0 Å². The van der Waals surface area contributed by atoms with E-state index < -0.39 is 17.9 Å². The van der Waals surface area contributed by atoms with Gasteiger partial charge >= 0.3 is 17.9 Å². The predicted octanol–water partition coefficient (Wildman–Crippen LogP) is 0.273. The lowest BCUT2D eigenvalue weighted by atomic mass is 10.3. The number of hydrogen-bond acceptors (Lipinski definition) is 4. The summed E-state index contributed by atoms with van der Waals surface area (Å²) >= 11 is 0. The molecule has 0 rings (SSSR count). The van der Waals surface area contributed by atoms with Crippen molar-refractivity contribution in [2.45, 2.75) is 6.92 Å². The molecule has 0 radical (unpaired) electrons. The lowest BCUT2D eigenvalue weighted by Gasteiger charge is -1.94. The minimum atomic E-state index is -1.25. The zero-order valence-electron chi connectivity index (χ0n) is 6.94. The van der Waals surface area contributed by atoms with Crippen molar-refractivity contribution in [1.29, 1.82) is 0 Å². The minimum Gasteiger partial charge on any atom is -0.478 e. The van der Waals surface area contributed by atoms with E-state index in [1.165, 1.54) is 6.92 Å². The van der Waals surface area contributed by atoms with Crippen molar-refractivity contribution < 1.29 is 24.2 Å². The number of rotatable bonds is 3. The summed E-state index contributed by atoms with van der Waals surface area (Å²) in [7, 11) is 0. The smallest absolute Gasteiger partial charge is 0.339 e. The molecular weight excluding hydrogens is 176 g/mol. The molecule has 0 aromatic heterocycles. The van der Waals surface area contributed by atoms with E-state index in [1.54, 1.807) is 0 Å². The van der Waals surface area contributed by atoms with E-state index in [9.17, 15) is 14.4 Å². The fourth-order valence-electron chi connectivity index (χ4n) is 0.409. The Kier molecular flexibility index (Phi) is 4.15. The molecule has 0 heterocycles. The van der Waals surface area contributed by atoms with Crippen LogP contribution in [-0.4, -0.2) is 23.0 Å². The zero-order chi connectivity index (χ0) is 10.4. The Morgan fingerprint density at radius 3 is 2.23 bits per heavy atom. The minimum absolute atomic E-state index is 0.207. The fourth-order valence-corrected chi connectivity index (χ4v) is 0.409. The van der Waals surface area contributed by atoms with Crippen molar-refractivity contribution >= 4 is 17.9 Å². The lowest BCUT2D eigenvalue weighted by Crippen LogP contribution is -2.09. The first-order valence-corrected chi connectivity index (χ1v) is 3.27. The molecule has 1 N–H and O–H groups in total. The van der Waals surface area contributed by atoms with E-state index in [-0.39, 0.29) is 5.57 Å². The van der Waals surface area contributed by atoms with E-state index in [1.807, 2.05) is 0 Å². The Bertz CT molecular complexity index is 287. The predicted molar refractivity (Wildman–Crippen MR) is 42.7 cm³/mol. The van der Waals surface area contributed by atoms with Crippen LogP contribution in [0.25, 0.3) is 0 Å². The van der Waals surface area contributed by atoms with Crippen molar-refractivity contribution in [3.8, 4) is 0 Å². The number of carbonyl (C=O) groups excluding carboxylic acids is 2. The fraction of sp³-hybridized carbons (Fsp3) is 0.125. The first-order chi connectivity index (χ1) is 5.97. The number of esters is 2. The molecule has 0 aliphatic rings. The monoisotopic (exact) mass is 184 g/mol. The van der Waals surface area contributed by atoms with Crippen LogP contribution in [0.2, 0.25) is 0 Å². The molecule has 0 amide bonds. The lowest BCUT2D eigenvalue weighted by molar-refractivity contribution is -0.152. The van der Waals surface area contributed by atoms with Gasteiger partial charge in [-0.2, -0.15) is 0 Å². The number of aliphatic carboxylic acids is 1. The van der Waals surface area contributed by atoms with Gasteiger partial charge in [-0.05, 0) is 6.92 Å². The highest BCUT2D eigenvalue weighted by Crippen LogP contribution is 1.94. The molecule has 70 valence electrons. The van der Waals surface area contributed by atoms with Gasteiger partial charge in [0.1, 0.15) is 0 Å². The maximum absolute atomic E-state index is 10.7.